The van der Waals surface area contributed by atoms with Crippen LogP contribution in [-0.2, 0) is 11.3 Å². The topological polar surface area (TPSA) is 58.1 Å². The van der Waals surface area contributed by atoms with E-state index in [0.29, 0.717) is 6.54 Å². The van der Waals surface area contributed by atoms with Gasteiger partial charge in [0.2, 0.25) is 5.91 Å². The first-order chi connectivity index (χ1) is 11.6. The number of aryl methyl sites for hydroxylation is 2. The van der Waals surface area contributed by atoms with Crippen molar-refractivity contribution in [2.45, 2.75) is 33.2 Å². The number of anilines is 1. The summed E-state index contributed by atoms with van der Waals surface area (Å²) in [7, 11) is 0. The number of rotatable bonds is 4. The van der Waals surface area contributed by atoms with E-state index in [1.165, 1.54) is 5.56 Å². The minimum absolute atomic E-state index is 0.0881. The van der Waals surface area contributed by atoms with Crippen LogP contribution in [-0.4, -0.2) is 29.2 Å². The van der Waals surface area contributed by atoms with E-state index < -0.39 is 0 Å². The Labute approximate surface area is 143 Å². The third-order valence-corrected chi connectivity index (χ3v) is 4.56. The van der Waals surface area contributed by atoms with Gasteiger partial charge in [0, 0.05) is 25.6 Å². The first-order valence-electron chi connectivity index (χ1n) is 8.50. The van der Waals surface area contributed by atoms with Crippen LogP contribution < -0.4 is 10.2 Å². The molecule has 1 amide bonds. The fraction of sp³-hybridized carbons (Fsp3) is 0.421. The number of piperidine rings is 1. The van der Waals surface area contributed by atoms with Gasteiger partial charge in [-0.15, -0.1) is 5.10 Å². The molecule has 24 heavy (non-hydrogen) atoms. The largest absolute Gasteiger partial charge is 0.355 e. The molecule has 3 rings (SSSR count). The van der Waals surface area contributed by atoms with Gasteiger partial charge in [-0.2, -0.15) is 5.10 Å². The lowest BCUT2D eigenvalue weighted by Crippen LogP contribution is -2.40. The summed E-state index contributed by atoms with van der Waals surface area (Å²) in [6.07, 6.45) is 1.71. The van der Waals surface area contributed by atoms with Gasteiger partial charge in [0.05, 0.1) is 5.69 Å². The van der Waals surface area contributed by atoms with Crippen molar-refractivity contribution in [3.05, 3.63) is 53.2 Å². The van der Waals surface area contributed by atoms with E-state index in [9.17, 15) is 4.79 Å². The predicted molar refractivity (Wildman–Crippen MR) is 94.7 cm³/mol. The van der Waals surface area contributed by atoms with Crippen LogP contribution in [0.4, 0.5) is 5.82 Å². The smallest absolute Gasteiger partial charge is 0.223 e. The van der Waals surface area contributed by atoms with Gasteiger partial charge in [0.25, 0.3) is 0 Å². The summed E-state index contributed by atoms with van der Waals surface area (Å²) in [5.41, 5.74) is 3.29. The highest BCUT2D eigenvalue weighted by Crippen LogP contribution is 2.21. The number of carbonyl (C=O) groups is 1. The van der Waals surface area contributed by atoms with Gasteiger partial charge in [-0.25, -0.2) is 0 Å². The molecule has 2 aromatic rings. The van der Waals surface area contributed by atoms with Crippen molar-refractivity contribution < 1.29 is 4.79 Å². The number of nitrogens with zero attached hydrogens (tertiary/aromatic N) is 3. The van der Waals surface area contributed by atoms with Gasteiger partial charge in [-0.1, -0.05) is 29.8 Å². The second-order valence-corrected chi connectivity index (χ2v) is 6.50. The number of hydrogen-bond acceptors (Lipinski definition) is 4. The Bertz CT molecular complexity index is 674. The van der Waals surface area contributed by atoms with E-state index in [0.717, 1.165) is 43.0 Å². The van der Waals surface area contributed by atoms with Crippen LogP contribution >= 0.6 is 0 Å². The third kappa shape index (κ3) is 4.10. The maximum Gasteiger partial charge on any atom is 0.223 e. The molecule has 1 aliphatic rings. The summed E-state index contributed by atoms with van der Waals surface area (Å²) >= 11 is 0. The summed E-state index contributed by atoms with van der Waals surface area (Å²) in [6.45, 7) is 6.29. The number of carbonyl (C=O) groups excluding carboxylic acids is 1. The quantitative estimate of drug-likeness (QED) is 0.939. The Morgan fingerprint density at radius 2 is 1.79 bits per heavy atom. The SMILES string of the molecule is Cc1ccc(CNC(=O)C2CCN(c3ccc(C)nn3)CC2)cc1. The number of nitrogens with one attached hydrogen (secondary N) is 1. The number of aromatic nitrogens is 2. The van der Waals surface area contributed by atoms with Gasteiger partial charge in [-0.05, 0) is 44.4 Å². The molecule has 1 aromatic carbocycles. The average Bonchev–Trinajstić information content (AvgIpc) is 2.62. The highest BCUT2D eigenvalue weighted by molar-refractivity contribution is 5.79. The van der Waals surface area contributed by atoms with E-state index in [-0.39, 0.29) is 11.8 Å². The minimum Gasteiger partial charge on any atom is -0.355 e. The molecule has 0 aliphatic carbocycles. The molecule has 0 atom stereocenters. The predicted octanol–water partition coefficient (Wildman–Crippen LogP) is 2.63. The van der Waals surface area contributed by atoms with Crippen molar-refractivity contribution in [3.8, 4) is 0 Å². The molecule has 0 unspecified atom stereocenters. The molecular weight excluding hydrogens is 300 g/mol. The van der Waals surface area contributed by atoms with Crippen molar-refractivity contribution in [1.82, 2.24) is 15.5 Å². The zero-order valence-corrected chi connectivity index (χ0v) is 14.3. The number of amides is 1. The molecule has 5 heteroatoms. The fourth-order valence-electron chi connectivity index (χ4n) is 2.97. The van der Waals surface area contributed by atoms with Gasteiger partial charge < -0.3 is 10.2 Å². The number of benzene rings is 1. The molecule has 1 aliphatic heterocycles. The van der Waals surface area contributed by atoms with Gasteiger partial charge >= 0.3 is 0 Å². The van der Waals surface area contributed by atoms with Crippen molar-refractivity contribution >= 4 is 11.7 Å². The second kappa shape index (κ2) is 7.43. The highest BCUT2D eigenvalue weighted by atomic mass is 16.1. The maximum atomic E-state index is 12.4. The Kier molecular flexibility index (Phi) is 5.08. The van der Waals surface area contributed by atoms with Gasteiger partial charge in [-0.3, -0.25) is 4.79 Å². The summed E-state index contributed by atoms with van der Waals surface area (Å²) in [5, 5.41) is 11.4. The lowest BCUT2D eigenvalue weighted by molar-refractivity contribution is -0.125. The van der Waals surface area contributed by atoms with Crippen LogP contribution in [0.5, 0.6) is 0 Å². The van der Waals surface area contributed by atoms with Crippen LogP contribution in [0.25, 0.3) is 0 Å². The molecule has 0 bridgehead atoms. The average molecular weight is 324 g/mol. The van der Waals surface area contributed by atoms with Crippen LogP contribution in [0.1, 0.15) is 29.7 Å². The van der Waals surface area contributed by atoms with E-state index in [1.54, 1.807) is 0 Å². The van der Waals surface area contributed by atoms with E-state index in [4.69, 9.17) is 0 Å². The molecule has 5 nitrogen and oxygen atoms in total. The molecule has 2 heterocycles. The van der Waals surface area contributed by atoms with Crippen molar-refractivity contribution in [2.75, 3.05) is 18.0 Å². The summed E-state index contributed by atoms with van der Waals surface area (Å²) in [5.74, 6) is 1.15. The lowest BCUT2D eigenvalue weighted by Gasteiger charge is -2.31. The van der Waals surface area contributed by atoms with Crippen molar-refractivity contribution in [3.63, 3.8) is 0 Å². The van der Waals surface area contributed by atoms with Crippen molar-refractivity contribution in [2.24, 2.45) is 5.92 Å². The molecule has 1 fully saturated rings. The highest BCUT2D eigenvalue weighted by Gasteiger charge is 2.25. The summed E-state index contributed by atoms with van der Waals surface area (Å²) < 4.78 is 0. The first kappa shape index (κ1) is 16.4. The minimum atomic E-state index is 0.0881. The van der Waals surface area contributed by atoms with Crippen LogP contribution in [0.2, 0.25) is 0 Å². The van der Waals surface area contributed by atoms with Gasteiger partial charge in [0.1, 0.15) is 0 Å². The molecular formula is C19H24N4O. The zero-order valence-electron chi connectivity index (χ0n) is 14.3. The number of hydrogen-bond donors (Lipinski definition) is 1. The van der Waals surface area contributed by atoms with Crippen LogP contribution in [0, 0.1) is 19.8 Å². The van der Waals surface area contributed by atoms with E-state index in [2.05, 4.69) is 51.6 Å². The molecule has 0 spiro atoms. The molecule has 1 saturated heterocycles. The molecule has 1 aromatic heterocycles. The molecule has 1 N–H and O–H groups in total. The lowest BCUT2D eigenvalue weighted by atomic mass is 9.96. The molecule has 0 saturated carbocycles. The standard InChI is InChI=1S/C19H24N4O/c1-14-3-6-16(7-4-14)13-20-19(24)17-9-11-23(12-10-17)18-8-5-15(2)21-22-18/h3-8,17H,9-13H2,1-2H3,(H,20,24). The molecule has 126 valence electrons. The van der Waals surface area contributed by atoms with Gasteiger partial charge in [0.15, 0.2) is 5.82 Å². The zero-order chi connectivity index (χ0) is 16.9. The normalized spacial score (nSPS) is 15.3. The fourth-order valence-corrected chi connectivity index (χ4v) is 2.97. The first-order valence-corrected chi connectivity index (χ1v) is 8.50. The van der Waals surface area contributed by atoms with Crippen LogP contribution in [0.15, 0.2) is 36.4 Å². The third-order valence-electron chi connectivity index (χ3n) is 4.56. The Balaban J connectivity index is 1.48. The second-order valence-electron chi connectivity index (χ2n) is 6.50. The molecule has 0 radical (unpaired) electrons. The Hall–Kier alpha value is -2.43. The monoisotopic (exact) mass is 324 g/mol. The van der Waals surface area contributed by atoms with Crippen LogP contribution in [0.3, 0.4) is 0 Å². The van der Waals surface area contributed by atoms with E-state index >= 15 is 0 Å². The Morgan fingerprint density at radius 3 is 2.42 bits per heavy atom. The summed E-state index contributed by atoms with van der Waals surface area (Å²) in [4.78, 5) is 14.6. The summed E-state index contributed by atoms with van der Waals surface area (Å²) in [6, 6.07) is 12.2. The maximum absolute atomic E-state index is 12.4. The van der Waals surface area contributed by atoms with E-state index in [1.807, 2.05) is 19.1 Å². The Morgan fingerprint density at radius 1 is 1.08 bits per heavy atom. The van der Waals surface area contributed by atoms with Crippen molar-refractivity contribution in [1.29, 1.82) is 0 Å².